The highest BCUT2D eigenvalue weighted by atomic mass is 16.6. The minimum absolute atomic E-state index is 0.0486. The zero-order valence-electron chi connectivity index (χ0n) is 20.7. The van der Waals surface area contributed by atoms with Crippen molar-refractivity contribution in [2.45, 2.75) is 26.2 Å². The van der Waals surface area contributed by atoms with Crippen LogP contribution >= 0.6 is 0 Å². The van der Waals surface area contributed by atoms with Gasteiger partial charge in [0.15, 0.2) is 0 Å². The molecule has 0 unspecified atom stereocenters. The van der Waals surface area contributed by atoms with Gasteiger partial charge in [0.1, 0.15) is 5.75 Å². The molecule has 3 aromatic rings. The van der Waals surface area contributed by atoms with Gasteiger partial charge in [-0.3, -0.25) is 29.9 Å². The molecular weight excluding hydrogens is 462 g/mol. The Morgan fingerprint density at radius 2 is 1.31 bits per heavy atom. The van der Waals surface area contributed by atoms with Gasteiger partial charge in [0.25, 0.3) is 5.69 Å². The molecule has 0 atom stereocenters. The van der Waals surface area contributed by atoms with Crippen LogP contribution in [0.1, 0.15) is 22.5 Å². The Morgan fingerprint density at radius 3 is 1.67 bits per heavy atom. The monoisotopic (exact) mass is 495 g/mol. The summed E-state index contributed by atoms with van der Waals surface area (Å²) in [6.07, 6.45) is 3.45. The molecule has 36 heavy (non-hydrogen) atoms. The summed E-state index contributed by atoms with van der Waals surface area (Å²) in [4.78, 5) is 24.2. The molecule has 10 heteroatoms. The van der Waals surface area contributed by atoms with E-state index in [9.17, 15) is 15.2 Å². The van der Waals surface area contributed by atoms with Gasteiger partial charge < -0.3 is 14.6 Å². The number of rotatable bonds is 15. The Kier molecular flexibility index (Phi) is 10.7. The number of nitrogens with zero attached hydrogens (tertiary/aromatic N) is 5. The van der Waals surface area contributed by atoms with Gasteiger partial charge in [0, 0.05) is 89.1 Å². The molecule has 0 fully saturated rings. The maximum atomic E-state index is 11.8. The van der Waals surface area contributed by atoms with Crippen molar-refractivity contribution < 1.29 is 19.5 Å². The highest BCUT2D eigenvalue weighted by molar-refractivity contribution is 5.49. The van der Waals surface area contributed by atoms with Gasteiger partial charge in [0.05, 0.1) is 29.5 Å². The molecule has 3 rings (SSSR count). The number of pyridine rings is 2. The zero-order valence-corrected chi connectivity index (χ0v) is 20.7. The summed E-state index contributed by atoms with van der Waals surface area (Å²) in [7, 11) is 3.25. The lowest BCUT2D eigenvalue weighted by Crippen LogP contribution is -2.28. The van der Waals surface area contributed by atoms with Gasteiger partial charge in [-0.15, -0.1) is 0 Å². The average molecular weight is 496 g/mol. The van der Waals surface area contributed by atoms with Crippen molar-refractivity contribution in [2.24, 2.45) is 0 Å². The Labute approximate surface area is 211 Å². The third-order valence-electron chi connectivity index (χ3n) is 5.70. The number of aromatic nitrogens is 2. The van der Waals surface area contributed by atoms with E-state index in [1.54, 1.807) is 26.6 Å². The molecular formula is C26H33N5O5. The van der Waals surface area contributed by atoms with Crippen molar-refractivity contribution in [3.8, 4) is 5.75 Å². The molecule has 0 aliphatic carbocycles. The number of non-ortho nitro benzene ring substituents is 1. The fraction of sp³-hybridized carbons (Fsp3) is 0.385. The predicted octanol–water partition coefficient (Wildman–Crippen LogP) is 3.39. The minimum atomic E-state index is -0.428. The second kappa shape index (κ2) is 14.2. The van der Waals surface area contributed by atoms with Gasteiger partial charge in [0.2, 0.25) is 0 Å². The fourth-order valence-electron chi connectivity index (χ4n) is 3.88. The molecule has 2 aromatic heterocycles. The van der Waals surface area contributed by atoms with Gasteiger partial charge in [-0.25, -0.2) is 0 Å². The quantitative estimate of drug-likeness (QED) is 0.250. The number of hydrogen-bond acceptors (Lipinski definition) is 9. The summed E-state index contributed by atoms with van der Waals surface area (Å²) in [6, 6.07) is 14.2. The summed E-state index contributed by atoms with van der Waals surface area (Å²) in [5, 5.41) is 23.0. The summed E-state index contributed by atoms with van der Waals surface area (Å²) >= 11 is 0. The maximum Gasteiger partial charge on any atom is 0.270 e. The van der Waals surface area contributed by atoms with Crippen LogP contribution in [0.5, 0.6) is 5.75 Å². The van der Waals surface area contributed by atoms with E-state index in [0.717, 1.165) is 11.4 Å². The molecule has 1 N–H and O–H groups in total. The molecule has 0 amide bonds. The Hall–Kier alpha value is -3.44. The van der Waals surface area contributed by atoms with Crippen LogP contribution in [0.2, 0.25) is 0 Å². The van der Waals surface area contributed by atoms with E-state index in [1.165, 1.54) is 12.1 Å². The van der Waals surface area contributed by atoms with Crippen molar-refractivity contribution >= 4 is 5.69 Å². The highest BCUT2D eigenvalue weighted by Gasteiger charge is 2.21. The molecule has 10 nitrogen and oxygen atoms in total. The van der Waals surface area contributed by atoms with E-state index in [2.05, 4.69) is 9.97 Å². The lowest BCUT2D eigenvalue weighted by molar-refractivity contribution is -0.385. The topological polar surface area (TPSA) is 114 Å². The number of methoxy groups -OCH3 is 2. The summed E-state index contributed by atoms with van der Waals surface area (Å²) in [5.74, 6) is 0.0486. The molecule has 0 saturated heterocycles. The van der Waals surface area contributed by atoms with E-state index < -0.39 is 4.92 Å². The first-order valence-electron chi connectivity index (χ1n) is 11.7. The molecule has 0 radical (unpaired) electrons. The van der Waals surface area contributed by atoms with Gasteiger partial charge in [-0.2, -0.15) is 0 Å². The molecule has 192 valence electrons. The van der Waals surface area contributed by atoms with Crippen LogP contribution in [0.3, 0.4) is 0 Å². The predicted molar refractivity (Wildman–Crippen MR) is 135 cm³/mol. The lowest BCUT2D eigenvalue weighted by Gasteiger charge is -2.25. The zero-order chi connectivity index (χ0) is 25.8. The SMILES string of the molecule is COCCN(Cc1ccccn1)Cc1cc([N+](=O)[O-])cc(CN(CCOC)Cc2ccccn2)c1O. The van der Waals surface area contributed by atoms with Crippen LogP contribution in [0.4, 0.5) is 5.69 Å². The fourth-order valence-corrected chi connectivity index (χ4v) is 3.88. The van der Waals surface area contributed by atoms with Crippen molar-refractivity contribution in [1.82, 2.24) is 19.8 Å². The van der Waals surface area contributed by atoms with Gasteiger partial charge in [-0.05, 0) is 24.3 Å². The van der Waals surface area contributed by atoms with E-state index in [4.69, 9.17) is 9.47 Å². The minimum Gasteiger partial charge on any atom is -0.507 e. The Morgan fingerprint density at radius 1 is 0.833 bits per heavy atom. The normalized spacial score (nSPS) is 11.3. The number of benzene rings is 1. The number of nitro benzene ring substituents is 1. The van der Waals surface area contributed by atoms with E-state index in [0.29, 0.717) is 63.6 Å². The van der Waals surface area contributed by atoms with Crippen molar-refractivity contribution in [3.05, 3.63) is 93.6 Å². The second-order valence-electron chi connectivity index (χ2n) is 8.42. The van der Waals surface area contributed by atoms with Gasteiger partial charge in [-0.1, -0.05) is 12.1 Å². The first-order chi connectivity index (χ1) is 17.5. The summed E-state index contributed by atoms with van der Waals surface area (Å²) < 4.78 is 10.5. The van der Waals surface area contributed by atoms with Crippen LogP contribution in [0, 0.1) is 10.1 Å². The second-order valence-corrected chi connectivity index (χ2v) is 8.42. The Bertz CT molecular complexity index is 1010. The Balaban J connectivity index is 1.88. The third-order valence-corrected chi connectivity index (χ3v) is 5.70. The van der Waals surface area contributed by atoms with Crippen LogP contribution in [0.25, 0.3) is 0 Å². The highest BCUT2D eigenvalue weighted by Crippen LogP contribution is 2.31. The largest absolute Gasteiger partial charge is 0.507 e. The molecule has 0 spiro atoms. The number of hydrogen-bond donors (Lipinski definition) is 1. The first-order valence-corrected chi connectivity index (χ1v) is 11.7. The number of phenols is 1. The van der Waals surface area contributed by atoms with Crippen LogP contribution < -0.4 is 0 Å². The van der Waals surface area contributed by atoms with E-state index >= 15 is 0 Å². The molecule has 1 aromatic carbocycles. The smallest absolute Gasteiger partial charge is 0.270 e. The summed E-state index contributed by atoms with van der Waals surface area (Å²) in [6.45, 7) is 3.74. The maximum absolute atomic E-state index is 11.8. The van der Waals surface area contributed by atoms with Gasteiger partial charge >= 0.3 is 0 Å². The van der Waals surface area contributed by atoms with E-state index in [1.807, 2.05) is 46.2 Å². The van der Waals surface area contributed by atoms with Crippen molar-refractivity contribution in [2.75, 3.05) is 40.5 Å². The molecule has 0 aliphatic heterocycles. The number of ether oxygens (including phenoxy) is 2. The number of nitro groups is 1. The molecule has 0 bridgehead atoms. The van der Waals surface area contributed by atoms with Crippen molar-refractivity contribution in [1.29, 1.82) is 0 Å². The lowest BCUT2D eigenvalue weighted by atomic mass is 10.1. The van der Waals surface area contributed by atoms with Crippen LogP contribution in [0.15, 0.2) is 60.9 Å². The number of phenolic OH excluding ortho intramolecular Hbond substituents is 1. The average Bonchev–Trinajstić information content (AvgIpc) is 2.89. The van der Waals surface area contributed by atoms with Crippen LogP contribution in [-0.2, 0) is 35.7 Å². The standard InChI is InChI=1S/C26H33N5O5/c1-35-13-11-29(19-23-7-3-5-9-27-23)17-21-15-25(31(33)34)16-22(26(21)32)18-30(12-14-36-2)20-24-8-4-6-10-28-24/h3-10,15-16,32H,11-14,17-20H2,1-2H3. The first kappa shape index (κ1) is 27.2. The van der Waals surface area contributed by atoms with E-state index in [-0.39, 0.29) is 11.4 Å². The summed E-state index contributed by atoms with van der Waals surface area (Å²) in [5.41, 5.74) is 2.62. The van der Waals surface area contributed by atoms with Crippen molar-refractivity contribution in [3.63, 3.8) is 0 Å². The molecule has 0 saturated carbocycles. The number of aromatic hydroxyl groups is 1. The molecule has 0 aliphatic rings. The molecule has 2 heterocycles. The van der Waals surface area contributed by atoms with Crippen LogP contribution in [-0.4, -0.2) is 70.3 Å². The third kappa shape index (κ3) is 8.35.